The molecule has 0 spiro atoms. The zero-order valence-corrected chi connectivity index (χ0v) is 14.0. The molecule has 1 unspecified atom stereocenters. The average molecular weight is 339 g/mol. The number of aromatic nitrogens is 4. The maximum Gasteiger partial charge on any atom is 0.226 e. The molecule has 1 amide bonds. The number of fused-ring (bicyclic) bond motifs is 1. The van der Waals surface area contributed by atoms with E-state index < -0.39 is 0 Å². The minimum atomic E-state index is -0.292. The topological polar surface area (TPSA) is 75.6 Å². The van der Waals surface area contributed by atoms with Crippen molar-refractivity contribution in [3.8, 4) is 11.3 Å². The summed E-state index contributed by atoms with van der Waals surface area (Å²) in [6.07, 6.45) is 3.90. The van der Waals surface area contributed by atoms with Crippen LogP contribution in [0.2, 0.25) is 0 Å². The number of rotatable bonds is 3. The van der Waals surface area contributed by atoms with Gasteiger partial charge >= 0.3 is 0 Å². The lowest BCUT2D eigenvalue weighted by Gasteiger charge is -2.25. The normalized spacial score (nSPS) is 16.8. The third kappa shape index (κ3) is 2.61. The maximum atomic E-state index is 13.3. The van der Waals surface area contributed by atoms with Crippen LogP contribution in [-0.2, 0) is 4.79 Å². The summed E-state index contributed by atoms with van der Waals surface area (Å²) in [5, 5.41) is 10.1. The summed E-state index contributed by atoms with van der Waals surface area (Å²) in [5.74, 6) is -0.00411. The van der Waals surface area contributed by atoms with Crippen LogP contribution in [0.4, 0.5) is 10.2 Å². The molecular formula is C18H18FN5O. The first-order chi connectivity index (χ1) is 12.0. The molecule has 3 heterocycles. The van der Waals surface area contributed by atoms with E-state index in [1.54, 1.807) is 24.7 Å². The lowest BCUT2D eigenvalue weighted by atomic mass is 9.87. The van der Waals surface area contributed by atoms with Crippen LogP contribution >= 0.6 is 0 Å². The minimum absolute atomic E-state index is 0.0776. The highest BCUT2D eigenvalue weighted by atomic mass is 19.1. The fraction of sp³-hybridized carbons (Fsp3) is 0.278. The van der Waals surface area contributed by atoms with Gasteiger partial charge in [-0.05, 0) is 38.1 Å². The van der Waals surface area contributed by atoms with E-state index in [9.17, 15) is 9.18 Å². The van der Waals surface area contributed by atoms with Crippen LogP contribution in [0.1, 0.15) is 43.5 Å². The summed E-state index contributed by atoms with van der Waals surface area (Å²) in [6, 6.07) is 6.47. The summed E-state index contributed by atoms with van der Waals surface area (Å²) in [5.41, 5.74) is 3.49. The molecule has 6 nitrogen and oxygen atoms in total. The summed E-state index contributed by atoms with van der Waals surface area (Å²) in [6.45, 7) is 4.15. The van der Waals surface area contributed by atoms with Crippen LogP contribution in [0.3, 0.4) is 0 Å². The number of nitrogens with one attached hydrogen (secondary N) is 2. The maximum absolute atomic E-state index is 13.3. The van der Waals surface area contributed by atoms with Crippen LogP contribution < -0.4 is 5.32 Å². The van der Waals surface area contributed by atoms with Crippen LogP contribution in [0.25, 0.3) is 11.3 Å². The van der Waals surface area contributed by atoms with E-state index in [0.29, 0.717) is 12.2 Å². The highest BCUT2D eigenvalue weighted by molar-refractivity contribution is 5.95. The molecular weight excluding hydrogens is 321 g/mol. The third-order valence-corrected chi connectivity index (χ3v) is 4.54. The Morgan fingerprint density at radius 1 is 1.28 bits per heavy atom. The number of amides is 1. The molecule has 2 N–H and O–H groups in total. The number of imidazole rings is 1. The smallest absolute Gasteiger partial charge is 0.226 e. The van der Waals surface area contributed by atoms with Gasteiger partial charge < -0.3 is 9.88 Å². The van der Waals surface area contributed by atoms with Gasteiger partial charge in [-0.2, -0.15) is 5.10 Å². The SMILES string of the molecule is CC(C)n1cncc1C1CC(=O)Nc2n[nH]c(-c3ccc(F)cc3)c21. The van der Waals surface area contributed by atoms with Crippen molar-refractivity contribution in [2.45, 2.75) is 32.2 Å². The van der Waals surface area contributed by atoms with E-state index >= 15 is 0 Å². The summed E-state index contributed by atoms with van der Waals surface area (Å²) in [4.78, 5) is 16.4. The van der Waals surface area contributed by atoms with E-state index in [4.69, 9.17) is 0 Å². The second kappa shape index (κ2) is 5.84. The Balaban J connectivity index is 1.87. The van der Waals surface area contributed by atoms with Crippen molar-refractivity contribution in [3.05, 3.63) is 53.9 Å². The van der Waals surface area contributed by atoms with Gasteiger partial charge in [0.2, 0.25) is 5.91 Å². The Bertz CT molecular complexity index is 925. The zero-order chi connectivity index (χ0) is 17.6. The Hall–Kier alpha value is -2.96. The molecule has 0 bridgehead atoms. The van der Waals surface area contributed by atoms with E-state index in [1.807, 2.05) is 0 Å². The number of anilines is 1. The first kappa shape index (κ1) is 15.6. The van der Waals surface area contributed by atoms with Gasteiger partial charge in [-0.1, -0.05) is 0 Å². The predicted octanol–water partition coefficient (Wildman–Crippen LogP) is 3.47. The summed E-state index contributed by atoms with van der Waals surface area (Å²) in [7, 11) is 0. The van der Waals surface area contributed by atoms with Gasteiger partial charge in [0.15, 0.2) is 5.82 Å². The average Bonchev–Trinajstić information content (AvgIpc) is 3.21. The number of hydrogen-bond donors (Lipinski definition) is 2. The molecule has 0 fully saturated rings. The van der Waals surface area contributed by atoms with Gasteiger partial charge in [-0.15, -0.1) is 0 Å². The quantitative estimate of drug-likeness (QED) is 0.767. The Kier molecular flexibility index (Phi) is 3.63. The van der Waals surface area contributed by atoms with E-state index in [-0.39, 0.29) is 23.7 Å². The van der Waals surface area contributed by atoms with Gasteiger partial charge in [0.1, 0.15) is 5.82 Å². The van der Waals surface area contributed by atoms with Crippen LogP contribution in [0, 0.1) is 5.82 Å². The van der Waals surface area contributed by atoms with Gasteiger partial charge in [-0.3, -0.25) is 9.89 Å². The van der Waals surface area contributed by atoms with Gasteiger partial charge in [0.25, 0.3) is 0 Å². The summed E-state index contributed by atoms with van der Waals surface area (Å²) < 4.78 is 15.3. The van der Waals surface area contributed by atoms with Crippen LogP contribution in [0.5, 0.6) is 0 Å². The number of aromatic amines is 1. The van der Waals surface area contributed by atoms with Crippen LogP contribution in [-0.4, -0.2) is 25.7 Å². The van der Waals surface area contributed by atoms with Crippen molar-refractivity contribution in [2.24, 2.45) is 0 Å². The highest BCUT2D eigenvalue weighted by Gasteiger charge is 2.34. The number of benzene rings is 1. The van der Waals surface area contributed by atoms with Crippen molar-refractivity contribution >= 4 is 11.7 Å². The van der Waals surface area contributed by atoms with Crippen molar-refractivity contribution in [1.82, 2.24) is 19.7 Å². The van der Waals surface area contributed by atoms with E-state index in [1.165, 1.54) is 12.1 Å². The molecule has 3 aromatic rings. The molecule has 2 aromatic heterocycles. The number of carbonyl (C=O) groups is 1. The third-order valence-electron chi connectivity index (χ3n) is 4.54. The minimum Gasteiger partial charge on any atom is -0.331 e. The molecule has 1 aliphatic heterocycles. The molecule has 7 heteroatoms. The lowest BCUT2D eigenvalue weighted by molar-refractivity contribution is -0.116. The lowest BCUT2D eigenvalue weighted by Crippen LogP contribution is -2.25. The van der Waals surface area contributed by atoms with Crippen LogP contribution in [0.15, 0.2) is 36.8 Å². The van der Waals surface area contributed by atoms with Gasteiger partial charge in [-0.25, -0.2) is 9.37 Å². The molecule has 0 radical (unpaired) electrons. The molecule has 128 valence electrons. The van der Waals surface area contributed by atoms with Crippen molar-refractivity contribution in [2.75, 3.05) is 5.32 Å². The number of carbonyl (C=O) groups excluding carboxylic acids is 1. The van der Waals surface area contributed by atoms with Crippen molar-refractivity contribution in [3.63, 3.8) is 0 Å². The Labute approximate surface area is 144 Å². The fourth-order valence-electron chi connectivity index (χ4n) is 3.36. The molecule has 4 rings (SSSR count). The molecule has 25 heavy (non-hydrogen) atoms. The van der Waals surface area contributed by atoms with E-state index in [0.717, 1.165) is 22.5 Å². The zero-order valence-electron chi connectivity index (χ0n) is 14.0. The first-order valence-corrected chi connectivity index (χ1v) is 8.20. The summed E-state index contributed by atoms with van der Waals surface area (Å²) >= 11 is 0. The Morgan fingerprint density at radius 2 is 2.04 bits per heavy atom. The molecule has 0 saturated carbocycles. The Morgan fingerprint density at radius 3 is 2.76 bits per heavy atom. The predicted molar refractivity (Wildman–Crippen MR) is 91.7 cm³/mol. The second-order valence-corrected chi connectivity index (χ2v) is 6.49. The first-order valence-electron chi connectivity index (χ1n) is 8.20. The largest absolute Gasteiger partial charge is 0.331 e. The number of hydrogen-bond acceptors (Lipinski definition) is 3. The molecule has 1 atom stereocenters. The van der Waals surface area contributed by atoms with Gasteiger partial charge in [0.05, 0.1) is 12.0 Å². The van der Waals surface area contributed by atoms with Gasteiger partial charge in [0, 0.05) is 41.4 Å². The monoisotopic (exact) mass is 339 g/mol. The second-order valence-electron chi connectivity index (χ2n) is 6.49. The highest BCUT2D eigenvalue weighted by Crippen LogP contribution is 2.42. The van der Waals surface area contributed by atoms with Crippen molar-refractivity contribution < 1.29 is 9.18 Å². The molecule has 0 aliphatic carbocycles. The molecule has 1 aliphatic rings. The number of H-pyrrole nitrogens is 1. The fourth-order valence-corrected chi connectivity index (χ4v) is 3.36. The van der Waals surface area contributed by atoms with Crippen molar-refractivity contribution in [1.29, 1.82) is 0 Å². The number of halogens is 1. The number of nitrogens with zero attached hydrogens (tertiary/aromatic N) is 3. The standard InChI is InChI=1S/C18H18FN5O/c1-10(2)24-9-20-8-14(24)13-7-15(25)21-18-16(13)17(22-23-18)11-3-5-12(19)6-4-11/h3-6,8-10,13H,7H2,1-2H3,(H2,21,22,23,25). The molecule has 1 aromatic carbocycles. The molecule has 0 saturated heterocycles. The van der Waals surface area contributed by atoms with E-state index in [2.05, 4.69) is 38.9 Å².